The molecule has 0 fully saturated rings. The van der Waals surface area contributed by atoms with Gasteiger partial charge in [0.05, 0.1) is 5.69 Å². The molecule has 0 spiro atoms. The van der Waals surface area contributed by atoms with Crippen LogP contribution in [0.1, 0.15) is 0 Å². The summed E-state index contributed by atoms with van der Waals surface area (Å²) < 4.78 is 59.3. The fraction of sp³-hybridized carbons (Fsp3) is 0. The largest absolute Gasteiger partial charge is 0.276 e. The summed E-state index contributed by atoms with van der Waals surface area (Å²) in [4.78, 5) is 8.15. The monoisotopic (exact) mass is 421 g/mol. The minimum atomic E-state index is -4.29. The molecular formula is C16H9F2N5O3S2. The topological polar surface area (TPSA) is 111 Å². The van der Waals surface area contributed by atoms with Crippen LogP contribution in [0.2, 0.25) is 0 Å². The Kier molecular flexibility index (Phi) is 4.65. The highest BCUT2D eigenvalue weighted by Crippen LogP contribution is 2.34. The molecular weight excluding hydrogens is 412 g/mol. The lowest BCUT2D eigenvalue weighted by molar-refractivity contribution is 0.314. The number of hydrogen-bond donors (Lipinski definition) is 1. The van der Waals surface area contributed by atoms with Crippen LogP contribution >= 0.6 is 11.8 Å². The molecule has 12 heteroatoms. The van der Waals surface area contributed by atoms with Gasteiger partial charge in [0.2, 0.25) is 0 Å². The van der Waals surface area contributed by atoms with Crippen LogP contribution in [-0.2, 0) is 10.0 Å². The Morgan fingerprint density at radius 2 is 1.86 bits per heavy atom. The summed E-state index contributed by atoms with van der Waals surface area (Å²) in [5.41, 5.74) is -0.390. The number of hydrogen-bond acceptors (Lipinski definition) is 8. The summed E-state index contributed by atoms with van der Waals surface area (Å²) >= 11 is 1.21. The third kappa shape index (κ3) is 3.39. The predicted molar refractivity (Wildman–Crippen MR) is 95.1 cm³/mol. The van der Waals surface area contributed by atoms with Gasteiger partial charge in [-0.1, -0.05) is 17.8 Å². The number of rotatable bonds is 5. The Balaban J connectivity index is 1.74. The van der Waals surface area contributed by atoms with E-state index in [0.29, 0.717) is 9.92 Å². The second-order valence-corrected chi connectivity index (χ2v) is 8.09. The Morgan fingerprint density at radius 1 is 1.04 bits per heavy atom. The number of aromatic nitrogens is 4. The zero-order valence-electron chi connectivity index (χ0n) is 13.7. The second kappa shape index (κ2) is 7.13. The molecule has 2 aromatic carbocycles. The Hall–Kier alpha value is -3.12. The van der Waals surface area contributed by atoms with Crippen molar-refractivity contribution in [3.05, 3.63) is 60.6 Å². The zero-order chi connectivity index (χ0) is 19.7. The highest BCUT2D eigenvalue weighted by Gasteiger charge is 2.24. The van der Waals surface area contributed by atoms with Crippen molar-refractivity contribution >= 4 is 38.5 Å². The molecule has 2 aromatic heterocycles. The Labute approximate surface area is 161 Å². The van der Waals surface area contributed by atoms with Gasteiger partial charge in [-0.15, -0.1) is 0 Å². The van der Waals surface area contributed by atoms with Crippen molar-refractivity contribution in [2.75, 3.05) is 4.72 Å². The summed E-state index contributed by atoms with van der Waals surface area (Å²) in [7, 11) is -4.29. The molecule has 0 bridgehead atoms. The number of benzene rings is 2. The maximum atomic E-state index is 13.8. The summed E-state index contributed by atoms with van der Waals surface area (Å²) in [6.45, 7) is 0. The lowest BCUT2D eigenvalue weighted by atomic mass is 10.3. The van der Waals surface area contributed by atoms with Gasteiger partial charge < -0.3 is 0 Å². The summed E-state index contributed by atoms with van der Waals surface area (Å²) in [6, 6.07) is 7.61. The van der Waals surface area contributed by atoms with Gasteiger partial charge >= 0.3 is 0 Å². The van der Waals surface area contributed by atoms with E-state index in [1.165, 1.54) is 36.3 Å². The molecule has 1 N–H and O–H groups in total. The molecule has 4 rings (SSSR count). The Morgan fingerprint density at radius 3 is 2.64 bits per heavy atom. The summed E-state index contributed by atoms with van der Waals surface area (Å²) in [6.07, 6.45) is 2.93. The SMILES string of the molecule is O=S(=O)(Nc1cccc(F)c1F)c1ccc(Sc2ccncn2)c2nonc12. The van der Waals surface area contributed by atoms with Crippen molar-refractivity contribution in [3.63, 3.8) is 0 Å². The van der Waals surface area contributed by atoms with E-state index in [-0.39, 0.29) is 15.9 Å². The molecule has 0 atom stereocenters. The molecule has 0 unspecified atom stereocenters. The van der Waals surface area contributed by atoms with Crippen LogP contribution in [0.3, 0.4) is 0 Å². The summed E-state index contributed by atoms with van der Waals surface area (Å²) in [5.74, 6) is -2.48. The number of sulfonamides is 1. The average Bonchev–Trinajstić information content (AvgIpc) is 3.16. The molecule has 4 aromatic rings. The normalized spacial score (nSPS) is 11.6. The van der Waals surface area contributed by atoms with Crippen molar-refractivity contribution in [3.8, 4) is 0 Å². The van der Waals surface area contributed by atoms with Gasteiger partial charge in [0.1, 0.15) is 16.2 Å². The maximum absolute atomic E-state index is 13.8. The van der Waals surface area contributed by atoms with E-state index in [1.54, 1.807) is 12.3 Å². The first-order valence-electron chi connectivity index (χ1n) is 7.62. The van der Waals surface area contributed by atoms with Gasteiger partial charge in [0, 0.05) is 11.1 Å². The van der Waals surface area contributed by atoms with E-state index in [4.69, 9.17) is 4.63 Å². The third-order valence-electron chi connectivity index (χ3n) is 3.60. The number of nitrogens with one attached hydrogen (secondary N) is 1. The number of anilines is 1. The first-order chi connectivity index (χ1) is 13.5. The third-order valence-corrected chi connectivity index (χ3v) is 5.99. The van der Waals surface area contributed by atoms with E-state index >= 15 is 0 Å². The van der Waals surface area contributed by atoms with Crippen LogP contribution in [0.4, 0.5) is 14.5 Å². The molecule has 0 saturated heterocycles. The number of fused-ring (bicyclic) bond motifs is 1. The smallest absolute Gasteiger partial charge is 0.264 e. The van der Waals surface area contributed by atoms with Gasteiger partial charge in [-0.3, -0.25) is 4.72 Å². The van der Waals surface area contributed by atoms with Gasteiger partial charge in [0.25, 0.3) is 10.0 Å². The number of nitrogens with zero attached hydrogens (tertiary/aromatic N) is 4. The van der Waals surface area contributed by atoms with Crippen LogP contribution in [0, 0.1) is 11.6 Å². The maximum Gasteiger partial charge on any atom is 0.264 e. The summed E-state index contributed by atoms with van der Waals surface area (Å²) in [5, 5.41) is 8.01. The minimum Gasteiger partial charge on any atom is -0.276 e. The lowest BCUT2D eigenvalue weighted by Crippen LogP contribution is -2.15. The molecule has 2 heterocycles. The molecule has 0 aliphatic carbocycles. The molecule has 0 aliphatic rings. The predicted octanol–water partition coefficient (Wildman–Crippen LogP) is 3.24. The molecule has 28 heavy (non-hydrogen) atoms. The van der Waals surface area contributed by atoms with E-state index in [1.807, 2.05) is 4.72 Å². The van der Waals surface area contributed by atoms with Crippen molar-refractivity contribution < 1.29 is 21.8 Å². The van der Waals surface area contributed by atoms with E-state index < -0.39 is 27.3 Å². The van der Waals surface area contributed by atoms with Gasteiger partial charge in [-0.2, -0.15) is 0 Å². The van der Waals surface area contributed by atoms with Crippen LogP contribution in [-0.4, -0.2) is 28.7 Å². The van der Waals surface area contributed by atoms with Crippen LogP contribution in [0.15, 0.2) is 68.4 Å². The van der Waals surface area contributed by atoms with Crippen LogP contribution in [0.25, 0.3) is 11.0 Å². The zero-order valence-corrected chi connectivity index (χ0v) is 15.3. The molecule has 8 nitrogen and oxygen atoms in total. The van der Waals surface area contributed by atoms with Crippen molar-refractivity contribution in [2.24, 2.45) is 0 Å². The number of halogens is 2. The fourth-order valence-corrected chi connectivity index (χ4v) is 4.37. The first-order valence-corrected chi connectivity index (χ1v) is 9.91. The Bertz CT molecular complexity index is 1270. The van der Waals surface area contributed by atoms with Gasteiger partial charge in [0.15, 0.2) is 22.7 Å². The standard InChI is InChI=1S/C16H9F2N5O3S2/c17-9-2-1-3-10(14(9)18)23-28(24,25)12-5-4-11(15-16(12)22-26-21-15)27-13-6-7-19-8-20-13/h1-8,23H. The van der Waals surface area contributed by atoms with Crippen LogP contribution < -0.4 is 4.72 Å². The van der Waals surface area contributed by atoms with E-state index in [0.717, 1.165) is 12.1 Å². The molecule has 0 amide bonds. The molecule has 0 aliphatic heterocycles. The molecule has 0 saturated carbocycles. The lowest BCUT2D eigenvalue weighted by Gasteiger charge is -2.10. The fourth-order valence-electron chi connectivity index (χ4n) is 2.35. The van der Waals surface area contributed by atoms with Crippen molar-refractivity contribution in [1.29, 1.82) is 0 Å². The van der Waals surface area contributed by atoms with Crippen molar-refractivity contribution in [1.82, 2.24) is 20.3 Å². The first kappa shape index (κ1) is 18.3. The average molecular weight is 421 g/mol. The highest BCUT2D eigenvalue weighted by atomic mass is 32.2. The minimum absolute atomic E-state index is 0.0524. The van der Waals surface area contributed by atoms with Gasteiger partial charge in [-0.25, -0.2) is 31.8 Å². The van der Waals surface area contributed by atoms with E-state index in [2.05, 4.69) is 20.3 Å². The molecule has 0 radical (unpaired) electrons. The van der Waals surface area contributed by atoms with E-state index in [9.17, 15) is 17.2 Å². The second-order valence-electron chi connectivity index (χ2n) is 5.38. The van der Waals surface area contributed by atoms with Gasteiger partial charge in [-0.05, 0) is 40.6 Å². The van der Waals surface area contributed by atoms with Crippen LogP contribution in [0.5, 0.6) is 0 Å². The molecule has 142 valence electrons. The van der Waals surface area contributed by atoms with Crippen molar-refractivity contribution in [2.45, 2.75) is 14.8 Å². The highest BCUT2D eigenvalue weighted by molar-refractivity contribution is 7.99. The quantitative estimate of drug-likeness (QED) is 0.489.